The summed E-state index contributed by atoms with van der Waals surface area (Å²) in [6, 6.07) is 13.0. The molecule has 0 saturated carbocycles. The van der Waals surface area contributed by atoms with Crippen LogP contribution in [0, 0.1) is 0 Å². The lowest BCUT2D eigenvalue weighted by Crippen LogP contribution is -2.38. The number of halogens is 3. The fraction of sp³-hybridized carbons (Fsp3) is 0.400. The molecular formula is C25H27Cl3N2O4. The Hall–Kier alpha value is -1.96. The van der Waals surface area contributed by atoms with Crippen molar-refractivity contribution in [3.05, 3.63) is 81.8 Å². The van der Waals surface area contributed by atoms with E-state index in [2.05, 4.69) is 4.98 Å². The van der Waals surface area contributed by atoms with E-state index in [9.17, 15) is 0 Å². The van der Waals surface area contributed by atoms with Crippen molar-refractivity contribution >= 4 is 34.8 Å². The smallest absolute Gasteiger partial charge is 0.158 e. The van der Waals surface area contributed by atoms with Crippen molar-refractivity contribution in [1.82, 2.24) is 9.71 Å². The van der Waals surface area contributed by atoms with E-state index in [1.807, 2.05) is 24.3 Å². The second kappa shape index (κ2) is 12.7. The topological polar surface area (TPSA) is 54.7 Å². The molecule has 1 aromatic heterocycles. The minimum Gasteiger partial charge on any atom is -0.489 e. The van der Waals surface area contributed by atoms with Crippen molar-refractivity contribution in [1.29, 1.82) is 0 Å². The van der Waals surface area contributed by atoms with Crippen molar-refractivity contribution in [2.24, 2.45) is 0 Å². The van der Waals surface area contributed by atoms with Crippen molar-refractivity contribution in [2.45, 2.75) is 50.6 Å². The highest BCUT2D eigenvalue weighted by molar-refractivity contribution is 6.35. The zero-order valence-corrected chi connectivity index (χ0v) is 20.9. The van der Waals surface area contributed by atoms with Crippen LogP contribution < -0.4 is 9.57 Å². The largest absolute Gasteiger partial charge is 0.489 e. The van der Waals surface area contributed by atoms with Gasteiger partial charge in [-0.2, -0.15) is 4.73 Å². The zero-order chi connectivity index (χ0) is 23.8. The van der Waals surface area contributed by atoms with Crippen LogP contribution in [0.3, 0.4) is 0 Å². The summed E-state index contributed by atoms with van der Waals surface area (Å²) in [5.41, 5.74) is 1.19. The lowest BCUT2D eigenvalue weighted by atomic mass is 10.1. The Morgan fingerprint density at radius 1 is 1.06 bits per heavy atom. The molecule has 0 N–H and O–H groups in total. The summed E-state index contributed by atoms with van der Waals surface area (Å²) in [7, 11) is 0. The highest BCUT2D eigenvalue weighted by atomic mass is 35.5. The monoisotopic (exact) mass is 524 g/mol. The predicted octanol–water partition coefficient (Wildman–Crippen LogP) is 6.26. The van der Waals surface area contributed by atoms with Crippen molar-refractivity contribution in [3.8, 4) is 5.75 Å². The second-order valence-corrected chi connectivity index (χ2v) is 9.43. The summed E-state index contributed by atoms with van der Waals surface area (Å²) in [5.74, 6) is 0.590. The normalized spacial score (nSPS) is 19.0. The third-order valence-corrected chi connectivity index (χ3v) is 6.31. The Labute approximate surface area is 214 Å². The summed E-state index contributed by atoms with van der Waals surface area (Å²) in [6.45, 7) is 0.771. The third kappa shape index (κ3) is 7.79. The number of ether oxygens (including phenoxy) is 3. The van der Waals surface area contributed by atoms with Crippen LogP contribution in [0.1, 0.15) is 31.2 Å². The van der Waals surface area contributed by atoms with E-state index in [4.69, 9.17) is 53.9 Å². The van der Waals surface area contributed by atoms with Crippen LogP contribution in [0.4, 0.5) is 0 Å². The Bertz CT molecular complexity index is 1020. The first-order valence-electron chi connectivity index (χ1n) is 11.3. The van der Waals surface area contributed by atoms with Crippen LogP contribution in [0.15, 0.2) is 61.2 Å². The molecule has 0 aliphatic carbocycles. The van der Waals surface area contributed by atoms with Crippen LogP contribution in [0.25, 0.3) is 0 Å². The van der Waals surface area contributed by atoms with Crippen LogP contribution in [-0.4, -0.2) is 41.4 Å². The van der Waals surface area contributed by atoms with Gasteiger partial charge in [0, 0.05) is 16.2 Å². The Kier molecular flexibility index (Phi) is 9.36. The Morgan fingerprint density at radius 3 is 2.65 bits per heavy atom. The lowest BCUT2D eigenvalue weighted by Gasteiger charge is -2.32. The SMILES string of the molecule is Clc1ccc(CCC(COn2ccnc2)OC2CCCC(COc3ccc(Cl)cc3Cl)O2)cc1. The van der Waals surface area contributed by atoms with E-state index in [1.54, 1.807) is 41.7 Å². The molecule has 1 saturated heterocycles. The molecule has 2 heterocycles. The van der Waals surface area contributed by atoms with Gasteiger partial charge in [-0.1, -0.05) is 46.9 Å². The van der Waals surface area contributed by atoms with Crippen LogP contribution in [-0.2, 0) is 15.9 Å². The molecule has 3 atom stereocenters. The minimum atomic E-state index is -0.329. The summed E-state index contributed by atoms with van der Waals surface area (Å²) < 4.78 is 20.0. The van der Waals surface area contributed by atoms with Gasteiger partial charge in [0.2, 0.25) is 0 Å². The number of rotatable bonds is 11. The molecule has 2 aromatic carbocycles. The van der Waals surface area contributed by atoms with E-state index in [1.165, 1.54) is 5.56 Å². The zero-order valence-electron chi connectivity index (χ0n) is 18.6. The molecule has 0 spiro atoms. The summed E-state index contributed by atoms with van der Waals surface area (Å²) in [5, 5.41) is 1.78. The quantitative estimate of drug-likeness (QED) is 0.296. The molecule has 0 bridgehead atoms. The highest BCUT2D eigenvalue weighted by Gasteiger charge is 2.27. The van der Waals surface area contributed by atoms with Gasteiger partial charge in [0.1, 0.15) is 25.3 Å². The number of hydrogen-bond acceptors (Lipinski definition) is 5. The molecule has 0 amide bonds. The predicted molar refractivity (Wildman–Crippen MR) is 133 cm³/mol. The molecular weight excluding hydrogens is 499 g/mol. The number of aromatic nitrogens is 2. The fourth-order valence-electron chi connectivity index (χ4n) is 3.74. The van der Waals surface area contributed by atoms with E-state index in [0.717, 1.165) is 37.1 Å². The first-order chi connectivity index (χ1) is 16.5. The van der Waals surface area contributed by atoms with E-state index >= 15 is 0 Å². The minimum absolute atomic E-state index is 0.0861. The van der Waals surface area contributed by atoms with Crippen LogP contribution in [0.2, 0.25) is 15.1 Å². The summed E-state index contributed by atoms with van der Waals surface area (Å²) >= 11 is 18.2. The van der Waals surface area contributed by atoms with Crippen molar-refractivity contribution < 1.29 is 19.0 Å². The number of hydrogen-bond donors (Lipinski definition) is 0. The van der Waals surface area contributed by atoms with Gasteiger partial charge in [-0.25, -0.2) is 4.98 Å². The maximum absolute atomic E-state index is 6.35. The van der Waals surface area contributed by atoms with Crippen LogP contribution in [0.5, 0.6) is 5.75 Å². The van der Waals surface area contributed by atoms with Gasteiger partial charge in [0.15, 0.2) is 6.29 Å². The maximum atomic E-state index is 6.35. The van der Waals surface area contributed by atoms with Gasteiger partial charge in [-0.15, -0.1) is 0 Å². The van der Waals surface area contributed by atoms with Gasteiger partial charge in [-0.3, -0.25) is 0 Å². The summed E-state index contributed by atoms with van der Waals surface area (Å²) in [4.78, 5) is 9.83. The highest BCUT2D eigenvalue weighted by Crippen LogP contribution is 2.29. The van der Waals surface area contributed by atoms with Gasteiger partial charge < -0.3 is 19.0 Å². The molecule has 1 aliphatic heterocycles. The maximum Gasteiger partial charge on any atom is 0.158 e. The number of benzene rings is 2. The average Bonchev–Trinajstić information content (AvgIpc) is 3.35. The molecule has 3 unspecified atom stereocenters. The molecule has 9 heteroatoms. The molecule has 1 fully saturated rings. The van der Waals surface area contributed by atoms with E-state index in [-0.39, 0.29) is 18.5 Å². The fourth-order valence-corrected chi connectivity index (χ4v) is 4.33. The first kappa shape index (κ1) is 25.1. The Morgan fingerprint density at radius 2 is 1.88 bits per heavy atom. The third-order valence-electron chi connectivity index (χ3n) is 5.53. The average molecular weight is 526 g/mol. The number of aryl methyl sites for hydroxylation is 1. The van der Waals surface area contributed by atoms with Gasteiger partial charge >= 0.3 is 0 Å². The molecule has 1 aliphatic rings. The van der Waals surface area contributed by atoms with Gasteiger partial charge in [0.05, 0.1) is 23.4 Å². The Balaban J connectivity index is 1.31. The molecule has 3 aromatic rings. The molecule has 34 heavy (non-hydrogen) atoms. The van der Waals surface area contributed by atoms with Crippen LogP contribution >= 0.6 is 34.8 Å². The van der Waals surface area contributed by atoms with Crippen molar-refractivity contribution in [3.63, 3.8) is 0 Å². The summed E-state index contributed by atoms with van der Waals surface area (Å²) in [6.07, 6.45) is 8.78. The molecule has 4 rings (SSSR count). The number of nitrogens with zero attached hydrogens (tertiary/aromatic N) is 2. The molecule has 6 nitrogen and oxygen atoms in total. The van der Waals surface area contributed by atoms with E-state index < -0.39 is 0 Å². The van der Waals surface area contributed by atoms with Gasteiger partial charge in [-0.05, 0) is 68.0 Å². The first-order valence-corrected chi connectivity index (χ1v) is 12.4. The van der Waals surface area contributed by atoms with E-state index in [0.29, 0.717) is 29.0 Å². The second-order valence-electron chi connectivity index (χ2n) is 8.15. The molecule has 0 radical (unpaired) electrons. The molecule has 182 valence electrons. The lowest BCUT2D eigenvalue weighted by molar-refractivity contribution is -0.227. The standard InChI is InChI=1S/C25H27Cl3N2O4/c26-19-7-4-18(5-8-19)6-10-22(16-32-30-13-12-29-17-30)34-25-3-1-2-21(33-25)15-31-24-11-9-20(27)14-23(24)28/h4-5,7-9,11-14,17,21-22,25H,1-3,6,10,15-16H2. The van der Waals surface area contributed by atoms with Crippen molar-refractivity contribution in [2.75, 3.05) is 13.2 Å². The van der Waals surface area contributed by atoms with Gasteiger partial charge in [0.25, 0.3) is 0 Å². The number of imidazole rings is 1.